The predicted molar refractivity (Wildman–Crippen MR) is 118 cm³/mol. The first-order chi connectivity index (χ1) is 16.9. The first-order valence-electron chi connectivity index (χ1n) is 10.4. The van der Waals surface area contributed by atoms with Gasteiger partial charge in [-0.25, -0.2) is 28.2 Å². The number of hydrogen-bond acceptors (Lipinski definition) is 10. The molecule has 35 heavy (non-hydrogen) atoms. The molecular weight excluding hydrogens is 462 g/mol. The summed E-state index contributed by atoms with van der Waals surface area (Å²) in [6.45, 7) is -0.758. The van der Waals surface area contributed by atoms with Crippen LogP contribution in [0.4, 0.5) is 14.5 Å². The number of aromatic nitrogens is 6. The Balaban J connectivity index is 1.51. The van der Waals surface area contributed by atoms with Gasteiger partial charge in [-0.1, -0.05) is 0 Å². The molecule has 178 valence electrons. The Labute approximate surface area is 197 Å². The molecule has 5 heterocycles. The summed E-state index contributed by atoms with van der Waals surface area (Å²) in [7, 11) is 2.88. The molecule has 0 saturated carbocycles. The molecule has 1 unspecified atom stereocenters. The zero-order valence-electron chi connectivity index (χ0n) is 18.6. The number of fused-ring (bicyclic) bond motifs is 1. The van der Waals surface area contributed by atoms with Gasteiger partial charge in [0.25, 0.3) is 0 Å². The highest BCUT2D eigenvalue weighted by atomic mass is 19.3. The van der Waals surface area contributed by atoms with Crippen LogP contribution in [0.2, 0.25) is 0 Å². The predicted octanol–water partition coefficient (Wildman–Crippen LogP) is 2.37. The standard InChI is InChI=1S/C22H18F2N8O3/c1-33-20-14(10-28-21(29-20)34-2)15-8-16(19-27-5-6-32(19)30-15)31-11-17(22(23,24)12-31)35-18-7-13(9-25)3-4-26-18/h3-8,10,17H,11-12H2,1-2H3. The monoisotopic (exact) mass is 480 g/mol. The van der Waals surface area contributed by atoms with Crippen molar-refractivity contribution in [1.29, 1.82) is 5.26 Å². The Morgan fingerprint density at radius 2 is 2.00 bits per heavy atom. The number of ether oxygens (including phenoxy) is 3. The van der Waals surface area contributed by atoms with Gasteiger partial charge in [-0.15, -0.1) is 0 Å². The van der Waals surface area contributed by atoms with E-state index in [4.69, 9.17) is 19.5 Å². The number of nitrogens with zero attached hydrogens (tertiary/aromatic N) is 8. The van der Waals surface area contributed by atoms with Crippen molar-refractivity contribution in [2.45, 2.75) is 12.0 Å². The van der Waals surface area contributed by atoms with E-state index in [0.717, 1.165) is 0 Å². The third-order valence-electron chi connectivity index (χ3n) is 5.45. The first kappa shape index (κ1) is 22.2. The summed E-state index contributed by atoms with van der Waals surface area (Å²) in [4.78, 5) is 18.0. The van der Waals surface area contributed by atoms with E-state index in [9.17, 15) is 0 Å². The van der Waals surface area contributed by atoms with Crippen LogP contribution in [0.5, 0.6) is 17.8 Å². The summed E-state index contributed by atoms with van der Waals surface area (Å²) in [5, 5.41) is 13.6. The van der Waals surface area contributed by atoms with Crippen LogP contribution in [-0.2, 0) is 0 Å². The van der Waals surface area contributed by atoms with Crippen molar-refractivity contribution in [3.63, 3.8) is 0 Å². The zero-order chi connectivity index (χ0) is 24.6. The minimum Gasteiger partial charge on any atom is -0.480 e. The fraction of sp³-hybridized carbons (Fsp3) is 0.273. The first-order valence-corrected chi connectivity index (χ1v) is 10.4. The van der Waals surface area contributed by atoms with Crippen molar-refractivity contribution in [2.24, 2.45) is 0 Å². The van der Waals surface area contributed by atoms with Gasteiger partial charge in [-0.3, -0.25) is 0 Å². The molecule has 0 aromatic carbocycles. The number of halogens is 2. The average molecular weight is 480 g/mol. The van der Waals surface area contributed by atoms with E-state index in [1.807, 2.05) is 6.07 Å². The van der Waals surface area contributed by atoms with Crippen LogP contribution in [0.3, 0.4) is 0 Å². The summed E-state index contributed by atoms with van der Waals surface area (Å²) in [6.07, 6.45) is 4.47. The highest BCUT2D eigenvalue weighted by Gasteiger charge is 2.51. The normalized spacial score (nSPS) is 16.8. The fourth-order valence-corrected chi connectivity index (χ4v) is 3.80. The SMILES string of the molecule is COc1ncc(-c2cc(N3CC(Oc4cc(C#N)ccn4)C(F)(F)C3)c3nccn3n2)c(OC)n1. The fourth-order valence-electron chi connectivity index (χ4n) is 3.80. The summed E-state index contributed by atoms with van der Waals surface area (Å²) in [5.41, 5.74) is 1.91. The summed E-state index contributed by atoms with van der Waals surface area (Å²) >= 11 is 0. The molecule has 0 aliphatic carbocycles. The average Bonchev–Trinajstić information content (AvgIpc) is 3.46. The van der Waals surface area contributed by atoms with E-state index < -0.39 is 18.6 Å². The molecular formula is C22H18F2N8O3. The van der Waals surface area contributed by atoms with Crippen LogP contribution >= 0.6 is 0 Å². The maximum atomic E-state index is 15.0. The van der Waals surface area contributed by atoms with E-state index >= 15 is 8.78 Å². The molecule has 4 aromatic heterocycles. The van der Waals surface area contributed by atoms with Gasteiger partial charge in [-0.2, -0.15) is 15.3 Å². The number of pyridine rings is 1. The van der Waals surface area contributed by atoms with E-state index in [2.05, 4.69) is 25.0 Å². The van der Waals surface area contributed by atoms with Crippen LogP contribution in [-0.4, -0.2) is 68.9 Å². The minimum atomic E-state index is -3.20. The molecule has 13 heteroatoms. The number of alkyl halides is 2. The van der Waals surface area contributed by atoms with Crippen LogP contribution in [0, 0.1) is 11.3 Å². The highest BCUT2D eigenvalue weighted by Crippen LogP contribution is 2.37. The molecule has 0 amide bonds. The number of hydrogen-bond donors (Lipinski definition) is 0. The molecule has 1 saturated heterocycles. The molecule has 1 atom stereocenters. The van der Waals surface area contributed by atoms with Crippen molar-refractivity contribution in [2.75, 3.05) is 32.2 Å². The maximum Gasteiger partial charge on any atom is 0.319 e. The van der Waals surface area contributed by atoms with Crippen LogP contribution in [0.25, 0.3) is 16.9 Å². The number of nitriles is 1. The van der Waals surface area contributed by atoms with E-state index in [1.165, 1.54) is 54.4 Å². The lowest BCUT2D eigenvalue weighted by atomic mass is 10.2. The molecule has 1 aliphatic rings. The number of rotatable bonds is 6. The Kier molecular flexibility index (Phi) is 5.48. The van der Waals surface area contributed by atoms with E-state index in [-0.39, 0.29) is 29.9 Å². The Morgan fingerprint density at radius 3 is 2.77 bits per heavy atom. The topological polar surface area (TPSA) is 124 Å². The van der Waals surface area contributed by atoms with Crippen molar-refractivity contribution in [3.05, 3.63) is 48.5 Å². The van der Waals surface area contributed by atoms with Gasteiger partial charge in [0.1, 0.15) is 5.69 Å². The van der Waals surface area contributed by atoms with Crippen molar-refractivity contribution >= 4 is 11.3 Å². The summed E-state index contributed by atoms with van der Waals surface area (Å²) < 4.78 is 47.4. The van der Waals surface area contributed by atoms with Crippen LogP contribution < -0.4 is 19.1 Å². The van der Waals surface area contributed by atoms with Gasteiger partial charge >= 0.3 is 11.9 Å². The lowest BCUT2D eigenvalue weighted by Gasteiger charge is -2.19. The van der Waals surface area contributed by atoms with Crippen LogP contribution in [0.1, 0.15) is 5.56 Å². The molecule has 1 aliphatic heterocycles. The van der Waals surface area contributed by atoms with Crippen molar-refractivity contribution < 1.29 is 23.0 Å². The van der Waals surface area contributed by atoms with Gasteiger partial charge in [0.05, 0.1) is 50.2 Å². The Morgan fingerprint density at radius 1 is 1.14 bits per heavy atom. The smallest absolute Gasteiger partial charge is 0.319 e. The molecule has 0 bridgehead atoms. The molecule has 4 aromatic rings. The summed E-state index contributed by atoms with van der Waals surface area (Å²) in [5.74, 6) is -3.03. The largest absolute Gasteiger partial charge is 0.480 e. The zero-order valence-corrected chi connectivity index (χ0v) is 18.6. The van der Waals surface area contributed by atoms with Gasteiger partial charge in [0.2, 0.25) is 11.8 Å². The number of methoxy groups -OCH3 is 2. The lowest BCUT2D eigenvalue weighted by Crippen LogP contribution is -2.36. The van der Waals surface area contributed by atoms with Crippen molar-refractivity contribution in [3.8, 4) is 35.1 Å². The maximum absolute atomic E-state index is 15.0. The Bertz CT molecular complexity index is 1440. The van der Waals surface area contributed by atoms with Gasteiger partial charge < -0.3 is 19.1 Å². The third kappa shape index (κ3) is 4.10. The molecule has 0 radical (unpaired) electrons. The lowest BCUT2D eigenvalue weighted by molar-refractivity contribution is -0.0609. The molecule has 5 rings (SSSR count). The highest BCUT2D eigenvalue weighted by molar-refractivity contribution is 5.76. The Hall–Kier alpha value is -4.60. The molecule has 11 nitrogen and oxygen atoms in total. The van der Waals surface area contributed by atoms with Crippen LogP contribution in [0.15, 0.2) is 43.0 Å². The second-order valence-corrected chi connectivity index (χ2v) is 7.63. The third-order valence-corrected chi connectivity index (χ3v) is 5.45. The second kappa shape index (κ2) is 8.64. The van der Waals surface area contributed by atoms with Gasteiger partial charge in [0, 0.05) is 30.9 Å². The number of imidazole rings is 1. The second-order valence-electron chi connectivity index (χ2n) is 7.63. The van der Waals surface area contributed by atoms with E-state index in [0.29, 0.717) is 22.6 Å². The summed E-state index contributed by atoms with van der Waals surface area (Å²) in [6, 6.07) is 6.47. The van der Waals surface area contributed by atoms with E-state index in [1.54, 1.807) is 12.3 Å². The van der Waals surface area contributed by atoms with Gasteiger partial charge in [0.15, 0.2) is 11.8 Å². The minimum absolute atomic E-state index is 0.0444. The number of anilines is 1. The molecule has 1 fully saturated rings. The van der Waals surface area contributed by atoms with Crippen molar-refractivity contribution in [1.82, 2.24) is 29.5 Å². The van der Waals surface area contributed by atoms with Gasteiger partial charge in [-0.05, 0) is 12.1 Å². The quantitative estimate of drug-likeness (QED) is 0.406. The molecule has 0 spiro atoms. The molecule has 0 N–H and O–H groups in total.